The van der Waals surface area contributed by atoms with Crippen LogP contribution in [-0.2, 0) is 0 Å². The lowest BCUT2D eigenvalue weighted by atomic mass is 10.2. The number of carbonyl (C=O) groups excluding carboxylic acids is 1. The van der Waals surface area contributed by atoms with Crippen LogP contribution in [0.1, 0.15) is 16.8 Å². The Bertz CT molecular complexity index is 977. The summed E-state index contributed by atoms with van der Waals surface area (Å²) >= 11 is 17.4. The maximum absolute atomic E-state index is 13.3. The molecular formula is C19H18BrCl2N3OS. The fourth-order valence-corrected chi connectivity index (χ4v) is 4.50. The molecule has 1 amide bonds. The van der Waals surface area contributed by atoms with Gasteiger partial charge in [0, 0.05) is 11.0 Å². The second-order valence-electron chi connectivity index (χ2n) is 6.32. The first kappa shape index (κ1) is 20.6. The van der Waals surface area contributed by atoms with E-state index >= 15 is 0 Å². The van der Waals surface area contributed by atoms with Crippen LogP contribution in [0.2, 0.25) is 10.0 Å². The molecule has 2 aromatic carbocycles. The number of rotatable bonds is 6. The molecule has 0 saturated carbocycles. The van der Waals surface area contributed by atoms with Crippen molar-refractivity contribution in [2.75, 3.05) is 32.1 Å². The van der Waals surface area contributed by atoms with Crippen molar-refractivity contribution in [2.45, 2.75) is 6.42 Å². The average molecular weight is 487 g/mol. The minimum atomic E-state index is -0.171. The summed E-state index contributed by atoms with van der Waals surface area (Å²) in [5.74, 6) is -0.171. The molecule has 0 aliphatic rings. The highest BCUT2D eigenvalue weighted by molar-refractivity contribution is 9.10. The highest BCUT2D eigenvalue weighted by atomic mass is 79.9. The standard InChI is InChI=1S/C19H18BrCl2N3OS/c1-24(2)9-4-10-25(18(26)13-11-12(20)7-8-14(13)21)19-23-17-15(22)5-3-6-16(17)27-19/h3,5-8,11H,4,9-10H2,1-2H3. The van der Waals surface area contributed by atoms with Crippen LogP contribution in [0, 0.1) is 0 Å². The summed E-state index contributed by atoms with van der Waals surface area (Å²) in [5.41, 5.74) is 1.16. The molecule has 0 aliphatic heterocycles. The van der Waals surface area contributed by atoms with Crippen molar-refractivity contribution < 1.29 is 4.79 Å². The van der Waals surface area contributed by atoms with Crippen molar-refractivity contribution in [3.63, 3.8) is 0 Å². The molecule has 3 aromatic rings. The van der Waals surface area contributed by atoms with Crippen molar-refractivity contribution >= 4 is 71.7 Å². The molecule has 0 unspecified atom stereocenters. The van der Waals surface area contributed by atoms with Gasteiger partial charge in [-0.2, -0.15) is 0 Å². The molecule has 1 aromatic heterocycles. The predicted molar refractivity (Wildman–Crippen MR) is 119 cm³/mol. The molecule has 1 heterocycles. The van der Waals surface area contributed by atoms with Gasteiger partial charge in [0.15, 0.2) is 5.13 Å². The van der Waals surface area contributed by atoms with E-state index in [1.165, 1.54) is 11.3 Å². The Labute approximate surface area is 180 Å². The minimum Gasteiger partial charge on any atom is -0.309 e. The summed E-state index contributed by atoms with van der Waals surface area (Å²) in [7, 11) is 4.02. The molecule has 27 heavy (non-hydrogen) atoms. The summed E-state index contributed by atoms with van der Waals surface area (Å²) in [6.07, 6.45) is 0.814. The van der Waals surface area contributed by atoms with E-state index in [-0.39, 0.29) is 5.91 Å². The molecule has 0 aliphatic carbocycles. The van der Waals surface area contributed by atoms with E-state index in [2.05, 4.69) is 25.8 Å². The van der Waals surface area contributed by atoms with Crippen LogP contribution < -0.4 is 4.90 Å². The SMILES string of the molecule is CN(C)CCCN(C(=O)c1cc(Br)ccc1Cl)c1nc2c(Cl)cccc2s1. The number of carbonyl (C=O) groups is 1. The summed E-state index contributed by atoms with van der Waals surface area (Å²) in [4.78, 5) is 21.7. The molecular weight excluding hydrogens is 469 g/mol. The minimum absolute atomic E-state index is 0.171. The monoisotopic (exact) mass is 485 g/mol. The number of aromatic nitrogens is 1. The highest BCUT2D eigenvalue weighted by Crippen LogP contribution is 2.34. The second-order valence-corrected chi connectivity index (χ2v) is 9.06. The van der Waals surface area contributed by atoms with Crippen LogP contribution in [0.5, 0.6) is 0 Å². The first-order valence-corrected chi connectivity index (χ1v) is 10.7. The lowest BCUT2D eigenvalue weighted by Crippen LogP contribution is -2.33. The Kier molecular flexibility index (Phi) is 6.76. The molecule has 0 spiro atoms. The fourth-order valence-electron chi connectivity index (χ4n) is 2.65. The van der Waals surface area contributed by atoms with Gasteiger partial charge < -0.3 is 4.90 Å². The van der Waals surface area contributed by atoms with E-state index in [9.17, 15) is 4.79 Å². The van der Waals surface area contributed by atoms with E-state index in [4.69, 9.17) is 23.2 Å². The zero-order chi connectivity index (χ0) is 19.6. The summed E-state index contributed by atoms with van der Waals surface area (Å²) < 4.78 is 1.75. The lowest BCUT2D eigenvalue weighted by molar-refractivity contribution is 0.0986. The molecule has 0 atom stereocenters. The molecule has 0 bridgehead atoms. The molecule has 0 N–H and O–H groups in total. The Balaban J connectivity index is 2.00. The number of hydrogen-bond donors (Lipinski definition) is 0. The fraction of sp³-hybridized carbons (Fsp3) is 0.263. The molecule has 0 fully saturated rings. The van der Waals surface area contributed by atoms with Crippen molar-refractivity contribution in [3.05, 3.63) is 56.5 Å². The van der Waals surface area contributed by atoms with Crippen LogP contribution in [0.25, 0.3) is 10.2 Å². The van der Waals surface area contributed by atoms with Crippen molar-refractivity contribution in [3.8, 4) is 0 Å². The van der Waals surface area contributed by atoms with Crippen molar-refractivity contribution in [1.29, 1.82) is 0 Å². The van der Waals surface area contributed by atoms with E-state index in [1.54, 1.807) is 23.1 Å². The largest absolute Gasteiger partial charge is 0.309 e. The van der Waals surface area contributed by atoms with Crippen molar-refractivity contribution in [2.24, 2.45) is 0 Å². The summed E-state index contributed by atoms with van der Waals surface area (Å²) in [6, 6.07) is 10.9. The third-order valence-electron chi connectivity index (χ3n) is 3.98. The van der Waals surface area contributed by atoms with Gasteiger partial charge in [-0.3, -0.25) is 9.69 Å². The molecule has 4 nitrogen and oxygen atoms in total. The predicted octanol–water partition coefficient (Wildman–Crippen LogP) is 5.96. The van der Waals surface area contributed by atoms with Gasteiger partial charge in [-0.1, -0.05) is 56.5 Å². The quantitative estimate of drug-likeness (QED) is 0.431. The number of anilines is 1. The maximum atomic E-state index is 13.3. The normalized spacial score (nSPS) is 11.3. The lowest BCUT2D eigenvalue weighted by Gasteiger charge is -2.21. The van der Waals surface area contributed by atoms with Crippen LogP contribution >= 0.6 is 50.5 Å². The van der Waals surface area contributed by atoms with Gasteiger partial charge in [0.05, 0.1) is 20.3 Å². The molecule has 3 rings (SSSR count). The number of fused-ring (bicyclic) bond motifs is 1. The molecule has 0 saturated heterocycles. The zero-order valence-electron chi connectivity index (χ0n) is 14.9. The zero-order valence-corrected chi connectivity index (χ0v) is 18.8. The molecule has 8 heteroatoms. The number of thiazole rings is 1. The number of nitrogens with zero attached hydrogens (tertiary/aromatic N) is 3. The van der Waals surface area contributed by atoms with Crippen molar-refractivity contribution in [1.82, 2.24) is 9.88 Å². The Morgan fingerprint density at radius 2 is 1.93 bits per heavy atom. The van der Waals surface area contributed by atoms with E-state index in [0.29, 0.717) is 32.8 Å². The van der Waals surface area contributed by atoms with Crippen LogP contribution in [0.4, 0.5) is 5.13 Å². The number of amides is 1. The molecule has 0 radical (unpaired) electrons. The first-order chi connectivity index (χ1) is 12.9. The summed E-state index contributed by atoms with van der Waals surface area (Å²) in [6.45, 7) is 1.40. The third kappa shape index (κ3) is 4.81. The van der Waals surface area contributed by atoms with Gasteiger partial charge in [-0.05, 0) is 57.4 Å². The first-order valence-electron chi connectivity index (χ1n) is 8.33. The van der Waals surface area contributed by atoms with E-state index in [0.717, 1.165) is 22.1 Å². The number of benzene rings is 2. The van der Waals surface area contributed by atoms with Gasteiger partial charge >= 0.3 is 0 Å². The van der Waals surface area contributed by atoms with Gasteiger partial charge in [0.25, 0.3) is 5.91 Å². The van der Waals surface area contributed by atoms with Crippen LogP contribution in [0.15, 0.2) is 40.9 Å². The van der Waals surface area contributed by atoms with Gasteiger partial charge in [0.1, 0.15) is 5.52 Å². The highest BCUT2D eigenvalue weighted by Gasteiger charge is 2.23. The number of para-hydroxylation sites is 1. The van der Waals surface area contributed by atoms with Gasteiger partial charge in [-0.25, -0.2) is 4.98 Å². The Morgan fingerprint density at radius 3 is 2.63 bits per heavy atom. The second kappa shape index (κ2) is 8.88. The number of hydrogen-bond acceptors (Lipinski definition) is 4. The smallest absolute Gasteiger partial charge is 0.261 e. The third-order valence-corrected chi connectivity index (χ3v) is 6.15. The van der Waals surface area contributed by atoms with Crippen LogP contribution in [-0.4, -0.2) is 43.0 Å². The van der Waals surface area contributed by atoms with E-state index in [1.807, 2.05) is 32.3 Å². The maximum Gasteiger partial charge on any atom is 0.261 e. The van der Waals surface area contributed by atoms with Gasteiger partial charge in [0.2, 0.25) is 0 Å². The topological polar surface area (TPSA) is 36.4 Å². The average Bonchev–Trinajstić information content (AvgIpc) is 3.05. The molecule has 142 valence electrons. The van der Waals surface area contributed by atoms with Gasteiger partial charge in [-0.15, -0.1) is 0 Å². The number of halogens is 3. The van der Waals surface area contributed by atoms with E-state index < -0.39 is 0 Å². The van der Waals surface area contributed by atoms with Crippen LogP contribution in [0.3, 0.4) is 0 Å². The summed E-state index contributed by atoms with van der Waals surface area (Å²) in [5, 5.41) is 1.62. The Morgan fingerprint density at radius 1 is 1.15 bits per heavy atom. The Hall–Kier alpha value is -1.18.